The molecule has 146 valence electrons. The fourth-order valence-electron chi connectivity index (χ4n) is 2.59. The number of methoxy groups -OCH3 is 1. The Bertz CT molecular complexity index is 941. The highest BCUT2D eigenvalue weighted by Crippen LogP contribution is 2.28. The second kappa shape index (κ2) is 9.32. The molecule has 0 bridgehead atoms. The van der Waals surface area contributed by atoms with Crippen LogP contribution in [0.5, 0.6) is 11.5 Å². The Morgan fingerprint density at radius 1 is 1.18 bits per heavy atom. The number of rotatable bonds is 8. The van der Waals surface area contributed by atoms with E-state index in [1.54, 1.807) is 37.4 Å². The molecule has 0 aliphatic heterocycles. The summed E-state index contributed by atoms with van der Waals surface area (Å²) in [4.78, 5) is 17.5. The number of amides is 1. The number of aromatic nitrogens is 1. The lowest BCUT2D eigenvalue weighted by atomic mass is 10.2. The molecular weight excluding hydrogens is 379 g/mol. The van der Waals surface area contributed by atoms with Gasteiger partial charge in [0.15, 0.2) is 6.61 Å². The van der Waals surface area contributed by atoms with Crippen molar-refractivity contribution in [3.8, 4) is 22.1 Å². The van der Waals surface area contributed by atoms with Crippen molar-refractivity contribution in [2.75, 3.05) is 20.3 Å². The number of carbonyl (C=O) groups is 1. The summed E-state index contributed by atoms with van der Waals surface area (Å²) in [5, 5.41) is 3.62. The summed E-state index contributed by atoms with van der Waals surface area (Å²) < 4.78 is 23.9. The highest BCUT2D eigenvalue weighted by Gasteiger charge is 2.11. The molecule has 5 nitrogen and oxygen atoms in total. The van der Waals surface area contributed by atoms with Gasteiger partial charge in [0.2, 0.25) is 0 Å². The lowest BCUT2D eigenvalue weighted by molar-refractivity contribution is -0.123. The summed E-state index contributed by atoms with van der Waals surface area (Å²) in [6.07, 6.45) is 0.660. The summed E-state index contributed by atoms with van der Waals surface area (Å²) in [5.74, 6) is 0.864. The maximum Gasteiger partial charge on any atom is 0.257 e. The summed E-state index contributed by atoms with van der Waals surface area (Å²) in [5.41, 5.74) is 1.66. The van der Waals surface area contributed by atoms with Crippen molar-refractivity contribution in [2.45, 2.75) is 13.3 Å². The van der Waals surface area contributed by atoms with Gasteiger partial charge in [-0.25, -0.2) is 9.37 Å². The first-order chi connectivity index (χ1) is 13.5. The minimum Gasteiger partial charge on any atom is -0.497 e. The van der Waals surface area contributed by atoms with Crippen LogP contribution in [0.4, 0.5) is 4.39 Å². The molecule has 1 amide bonds. The van der Waals surface area contributed by atoms with E-state index in [-0.39, 0.29) is 18.3 Å². The Kier molecular flexibility index (Phi) is 6.60. The van der Waals surface area contributed by atoms with Gasteiger partial charge in [-0.3, -0.25) is 4.79 Å². The minimum atomic E-state index is -0.281. The molecular formula is C21H21FN2O3S. The molecule has 0 radical (unpaired) electrons. The maximum absolute atomic E-state index is 13.4. The van der Waals surface area contributed by atoms with Gasteiger partial charge in [-0.2, -0.15) is 0 Å². The second-order valence-electron chi connectivity index (χ2n) is 6.10. The molecule has 1 heterocycles. The molecule has 0 atom stereocenters. The molecule has 0 aliphatic carbocycles. The van der Waals surface area contributed by atoms with Crippen molar-refractivity contribution in [3.63, 3.8) is 0 Å². The third-order valence-electron chi connectivity index (χ3n) is 4.07. The summed E-state index contributed by atoms with van der Waals surface area (Å²) in [6.45, 7) is 2.35. The second-order valence-corrected chi connectivity index (χ2v) is 7.19. The van der Waals surface area contributed by atoms with Crippen molar-refractivity contribution in [1.29, 1.82) is 0 Å². The van der Waals surface area contributed by atoms with Gasteiger partial charge in [-0.1, -0.05) is 12.1 Å². The van der Waals surface area contributed by atoms with Gasteiger partial charge in [0, 0.05) is 23.4 Å². The Hall–Kier alpha value is -2.93. The van der Waals surface area contributed by atoms with Gasteiger partial charge < -0.3 is 14.8 Å². The normalized spacial score (nSPS) is 10.5. The fraction of sp³-hybridized carbons (Fsp3) is 0.238. The number of thiazole rings is 1. The third-order valence-corrected chi connectivity index (χ3v) is 5.33. The van der Waals surface area contributed by atoms with Crippen LogP contribution in [0.2, 0.25) is 0 Å². The average Bonchev–Trinajstić information content (AvgIpc) is 3.07. The largest absolute Gasteiger partial charge is 0.497 e. The molecule has 0 saturated heterocycles. The zero-order valence-electron chi connectivity index (χ0n) is 15.7. The number of hydrogen-bond donors (Lipinski definition) is 1. The number of nitrogens with zero attached hydrogens (tertiary/aromatic N) is 1. The Morgan fingerprint density at radius 2 is 1.93 bits per heavy atom. The van der Waals surface area contributed by atoms with Crippen LogP contribution in [-0.4, -0.2) is 31.2 Å². The average molecular weight is 400 g/mol. The van der Waals surface area contributed by atoms with Gasteiger partial charge >= 0.3 is 0 Å². The number of halogens is 1. The number of carbonyl (C=O) groups excluding carboxylic acids is 1. The summed E-state index contributed by atoms with van der Waals surface area (Å²) in [7, 11) is 1.59. The molecule has 0 unspecified atom stereocenters. The predicted molar refractivity (Wildman–Crippen MR) is 107 cm³/mol. The number of ether oxygens (including phenoxy) is 2. The molecule has 2 aromatic carbocycles. The van der Waals surface area contributed by atoms with Gasteiger partial charge in [0.25, 0.3) is 5.91 Å². The molecule has 0 spiro atoms. The molecule has 3 aromatic rings. The standard InChI is InChI=1S/C21H21FN2O3S/c1-14-19(28-21(24-14)15-4-3-5-16(22)12-15)10-11-23-20(25)13-27-18-8-6-17(26-2)7-9-18/h3-9,12H,10-11,13H2,1-2H3,(H,23,25). The number of hydrogen-bond acceptors (Lipinski definition) is 5. The lowest BCUT2D eigenvalue weighted by Crippen LogP contribution is -2.30. The highest BCUT2D eigenvalue weighted by molar-refractivity contribution is 7.15. The van der Waals surface area contributed by atoms with Gasteiger partial charge in [0.1, 0.15) is 22.3 Å². The predicted octanol–water partition coefficient (Wildman–Crippen LogP) is 4.00. The molecule has 1 aromatic heterocycles. The maximum atomic E-state index is 13.4. The Labute approximate surface area is 167 Å². The van der Waals surface area contributed by atoms with Gasteiger partial charge in [-0.05, 0) is 43.3 Å². The van der Waals surface area contributed by atoms with Crippen LogP contribution < -0.4 is 14.8 Å². The van der Waals surface area contributed by atoms with E-state index >= 15 is 0 Å². The van der Waals surface area contributed by atoms with E-state index in [1.165, 1.54) is 23.5 Å². The van der Waals surface area contributed by atoms with E-state index in [1.807, 2.05) is 13.0 Å². The first-order valence-corrected chi connectivity index (χ1v) is 9.62. The van der Waals surface area contributed by atoms with E-state index in [0.717, 1.165) is 26.9 Å². The molecule has 0 aliphatic rings. The summed E-state index contributed by atoms with van der Waals surface area (Å²) >= 11 is 1.51. The van der Waals surface area contributed by atoms with Crippen LogP contribution >= 0.6 is 11.3 Å². The SMILES string of the molecule is COc1ccc(OCC(=O)NCCc2sc(-c3cccc(F)c3)nc2C)cc1. The zero-order valence-corrected chi connectivity index (χ0v) is 16.5. The van der Waals surface area contributed by atoms with E-state index in [9.17, 15) is 9.18 Å². The van der Waals surface area contributed by atoms with E-state index in [4.69, 9.17) is 9.47 Å². The topological polar surface area (TPSA) is 60.5 Å². The van der Waals surface area contributed by atoms with E-state index in [2.05, 4.69) is 10.3 Å². The van der Waals surface area contributed by atoms with Crippen molar-refractivity contribution < 1.29 is 18.7 Å². The molecule has 0 fully saturated rings. The van der Waals surface area contributed by atoms with Crippen LogP contribution in [0.1, 0.15) is 10.6 Å². The van der Waals surface area contributed by atoms with Gasteiger partial charge in [-0.15, -0.1) is 11.3 Å². The molecule has 3 rings (SSSR count). The monoisotopic (exact) mass is 400 g/mol. The number of benzene rings is 2. The van der Waals surface area contributed by atoms with Gasteiger partial charge in [0.05, 0.1) is 12.8 Å². The van der Waals surface area contributed by atoms with Crippen molar-refractivity contribution in [3.05, 3.63) is 64.9 Å². The zero-order chi connectivity index (χ0) is 19.9. The minimum absolute atomic E-state index is 0.0530. The van der Waals surface area contributed by atoms with Crippen LogP contribution in [0.25, 0.3) is 10.6 Å². The van der Waals surface area contributed by atoms with Crippen LogP contribution in [-0.2, 0) is 11.2 Å². The fourth-order valence-corrected chi connectivity index (χ4v) is 3.65. The van der Waals surface area contributed by atoms with E-state index in [0.29, 0.717) is 18.7 Å². The highest BCUT2D eigenvalue weighted by atomic mass is 32.1. The lowest BCUT2D eigenvalue weighted by Gasteiger charge is -2.08. The number of nitrogens with one attached hydrogen (secondary N) is 1. The van der Waals surface area contributed by atoms with Crippen LogP contribution in [0.3, 0.4) is 0 Å². The van der Waals surface area contributed by atoms with E-state index < -0.39 is 0 Å². The smallest absolute Gasteiger partial charge is 0.257 e. The van der Waals surface area contributed by atoms with Crippen molar-refractivity contribution in [1.82, 2.24) is 10.3 Å². The quantitative estimate of drug-likeness (QED) is 0.621. The third kappa shape index (κ3) is 5.29. The number of aryl methyl sites for hydroxylation is 1. The Morgan fingerprint density at radius 3 is 2.64 bits per heavy atom. The van der Waals surface area contributed by atoms with Crippen molar-refractivity contribution >= 4 is 17.2 Å². The first-order valence-electron chi connectivity index (χ1n) is 8.81. The molecule has 0 saturated carbocycles. The molecule has 7 heteroatoms. The molecule has 1 N–H and O–H groups in total. The molecule has 28 heavy (non-hydrogen) atoms. The first kappa shape index (κ1) is 19.8. The van der Waals surface area contributed by atoms with Crippen LogP contribution in [0, 0.1) is 12.7 Å². The summed E-state index contributed by atoms with van der Waals surface area (Å²) in [6, 6.07) is 13.4. The van der Waals surface area contributed by atoms with Crippen LogP contribution in [0.15, 0.2) is 48.5 Å². The Balaban J connectivity index is 1.47. The van der Waals surface area contributed by atoms with Crippen molar-refractivity contribution in [2.24, 2.45) is 0 Å².